The second-order valence-corrected chi connectivity index (χ2v) is 11.2. The Morgan fingerprint density at radius 1 is 1.14 bits per heavy atom. The first-order chi connectivity index (χ1) is 17.0. The average molecular weight is 507 g/mol. The molecule has 178 valence electrons. The van der Waals surface area contributed by atoms with E-state index in [1.165, 1.54) is 22.6 Å². The SMILES string of the molecule is CN1CCc2c(sc(NC(=O)C3CC(=O)N(c4ccc(F)cc4)C3)c2-c2nc3ccccc3s2)C1. The summed E-state index contributed by atoms with van der Waals surface area (Å²) in [5.41, 5.74) is 3.84. The molecule has 1 atom stereocenters. The zero-order valence-electron chi connectivity index (χ0n) is 19.1. The van der Waals surface area contributed by atoms with E-state index < -0.39 is 5.92 Å². The summed E-state index contributed by atoms with van der Waals surface area (Å²) in [4.78, 5) is 36.0. The normalized spacial score (nSPS) is 18.3. The third kappa shape index (κ3) is 4.13. The van der Waals surface area contributed by atoms with Crippen LogP contribution in [0, 0.1) is 11.7 Å². The minimum Gasteiger partial charge on any atom is -0.317 e. The molecule has 2 amide bonds. The number of carbonyl (C=O) groups is 2. The highest BCUT2D eigenvalue weighted by atomic mass is 32.1. The number of fused-ring (bicyclic) bond motifs is 2. The van der Waals surface area contributed by atoms with Gasteiger partial charge in [-0.15, -0.1) is 22.7 Å². The molecular weight excluding hydrogens is 483 g/mol. The van der Waals surface area contributed by atoms with Gasteiger partial charge in [0.1, 0.15) is 15.8 Å². The summed E-state index contributed by atoms with van der Waals surface area (Å²) in [6.07, 6.45) is 1.04. The van der Waals surface area contributed by atoms with Crippen molar-refractivity contribution in [2.75, 3.05) is 30.4 Å². The number of anilines is 2. The molecule has 9 heteroatoms. The van der Waals surface area contributed by atoms with E-state index in [4.69, 9.17) is 4.98 Å². The molecule has 1 unspecified atom stereocenters. The number of halogens is 1. The predicted molar refractivity (Wildman–Crippen MR) is 138 cm³/mol. The van der Waals surface area contributed by atoms with Gasteiger partial charge in [0.15, 0.2) is 0 Å². The van der Waals surface area contributed by atoms with E-state index in [9.17, 15) is 14.0 Å². The van der Waals surface area contributed by atoms with Gasteiger partial charge in [-0.1, -0.05) is 12.1 Å². The topological polar surface area (TPSA) is 65.5 Å². The van der Waals surface area contributed by atoms with Crippen molar-refractivity contribution < 1.29 is 14.0 Å². The number of likely N-dealkylation sites (N-methyl/N-ethyl adjacent to an activating group) is 1. The lowest BCUT2D eigenvalue weighted by Crippen LogP contribution is -2.28. The Balaban J connectivity index is 1.30. The van der Waals surface area contributed by atoms with Gasteiger partial charge in [0.25, 0.3) is 0 Å². The standard InChI is InChI=1S/C26H23FN4O2S2/c1-30-11-10-18-21(14-30)35-26(23(18)25-28-19-4-2-3-5-20(19)34-25)29-24(33)15-12-22(32)31(13-15)17-8-6-16(27)7-9-17/h2-9,15H,10-14H2,1H3,(H,29,33). The Bertz CT molecular complexity index is 1410. The number of rotatable bonds is 4. The van der Waals surface area contributed by atoms with E-state index >= 15 is 0 Å². The fourth-order valence-corrected chi connectivity index (χ4v) is 7.23. The lowest BCUT2D eigenvalue weighted by atomic mass is 10.0. The third-order valence-corrected chi connectivity index (χ3v) is 8.81. The molecule has 2 aliphatic heterocycles. The summed E-state index contributed by atoms with van der Waals surface area (Å²) in [7, 11) is 2.10. The fourth-order valence-electron chi connectivity index (χ4n) is 4.79. The number of hydrogen-bond acceptors (Lipinski definition) is 6. The molecule has 1 saturated heterocycles. The molecule has 0 aliphatic carbocycles. The smallest absolute Gasteiger partial charge is 0.230 e. The fraction of sp³-hybridized carbons (Fsp3) is 0.269. The van der Waals surface area contributed by atoms with Gasteiger partial charge >= 0.3 is 0 Å². The van der Waals surface area contributed by atoms with Crippen molar-refractivity contribution in [3.63, 3.8) is 0 Å². The Kier molecular flexibility index (Phi) is 5.63. The van der Waals surface area contributed by atoms with Gasteiger partial charge in [0.2, 0.25) is 11.8 Å². The van der Waals surface area contributed by atoms with E-state index in [-0.39, 0.29) is 30.6 Å². The van der Waals surface area contributed by atoms with E-state index in [2.05, 4.69) is 23.3 Å². The minimum absolute atomic E-state index is 0.129. The summed E-state index contributed by atoms with van der Waals surface area (Å²) < 4.78 is 14.4. The van der Waals surface area contributed by atoms with E-state index in [1.54, 1.807) is 39.7 Å². The van der Waals surface area contributed by atoms with Crippen molar-refractivity contribution in [1.29, 1.82) is 0 Å². The number of thiophene rings is 1. The number of nitrogens with one attached hydrogen (secondary N) is 1. The summed E-state index contributed by atoms with van der Waals surface area (Å²) in [6.45, 7) is 2.08. The van der Waals surface area contributed by atoms with Gasteiger partial charge in [-0.3, -0.25) is 9.59 Å². The van der Waals surface area contributed by atoms with Crippen molar-refractivity contribution in [3.8, 4) is 10.6 Å². The first kappa shape index (κ1) is 22.3. The Hall–Kier alpha value is -3.14. The minimum atomic E-state index is -0.474. The molecule has 4 heterocycles. The molecule has 2 aromatic carbocycles. The third-order valence-electron chi connectivity index (χ3n) is 6.63. The number of hydrogen-bond donors (Lipinski definition) is 1. The van der Waals surface area contributed by atoms with Crippen LogP contribution in [-0.2, 0) is 22.6 Å². The zero-order valence-corrected chi connectivity index (χ0v) is 20.7. The molecule has 0 bridgehead atoms. The molecule has 0 spiro atoms. The van der Waals surface area contributed by atoms with Crippen LogP contribution in [0.25, 0.3) is 20.8 Å². The van der Waals surface area contributed by atoms with Crippen LogP contribution >= 0.6 is 22.7 Å². The van der Waals surface area contributed by atoms with Crippen molar-refractivity contribution in [2.45, 2.75) is 19.4 Å². The van der Waals surface area contributed by atoms with Gasteiger partial charge in [0.05, 0.1) is 16.1 Å². The van der Waals surface area contributed by atoms with Crippen LogP contribution in [0.15, 0.2) is 48.5 Å². The molecule has 2 aromatic heterocycles. The van der Waals surface area contributed by atoms with Crippen molar-refractivity contribution in [1.82, 2.24) is 9.88 Å². The van der Waals surface area contributed by atoms with Crippen LogP contribution in [-0.4, -0.2) is 41.8 Å². The van der Waals surface area contributed by atoms with E-state index in [0.717, 1.165) is 45.3 Å². The summed E-state index contributed by atoms with van der Waals surface area (Å²) in [5, 5.41) is 4.88. The molecule has 4 aromatic rings. The van der Waals surface area contributed by atoms with Crippen molar-refractivity contribution in [3.05, 3.63) is 64.8 Å². The molecule has 1 N–H and O–H groups in total. The maximum Gasteiger partial charge on any atom is 0.230 e. The lowest BCUT2D eigenvalue weighted by Gasteiger charge is -2.22. The van der Waals surface area contributed by atoms with Crippen LogP contribution in [0.3, 0.4) is 0 Å². The Labute approximate surface area is 210 Å². The molecule has 0 radical (unpaired) electrons. The summed E-state index contributed by atoms with van der Waals surface area (Å²) in [6, 6.07) is 13.9. The molecule has 1 fully saturated rings. The maximum absolute atomic E-state index is 13.4. The van der Waals surface area contributed by atoms with Gasteiger partial charge in [-0.25, -0.2) is 9.37 Å². The van der Waals surface area contributed by atoms with E-state index in [1.807, 2.05) is 18.2 Å². The van der Waals surface area contributed by atoms with Crippen LogP contribution in [0.5, 0.6) is 0 Å². The van der Waals surface area contributed by atoms with Gasteiger partial charge < -0.3 is 15.1 Å². The van der Waals surface area contributed by atoms with Crippen molar-refractivity contribution >= 4 is 55.4 Å². The zero-order chi connectivity index (χ0) is 24.1. The number of para-hydroxylation sites is 1. The molecule has 6 rings (SSSR count). The van der Waals surface area contributed by atoms with Gasteiger partial charge in [0, 0.05) is 42.2 Å². The Morgan fingerprint density at radius 3 is 2.74 bits per heavy atom. The number of amides is 2. The largest absolute Gasteiger partial charge is 0.317 e. The Morgan fingerprint density at radius 2 is 1.94 bits per heavy atom. The predicted octanol–water partition coefficient (Wildman–Crippen LogP) is 5.14. The van der Waals surface area contributed by atoms with Crippen molar-refractivity contribution in [2.24, 2.45) is 5.92 Å². The van der Waals surface area contributed by atoms with Crippen LogP contribution in [0.1, 0.15) is 16.9 Å². The highest BCUT2D eigenvalue weighted by molar-refractivity contribution is 7.22. The van der Waals surface area contributed by atoms with E-state index in [0.29, 0.717) is 5.69 Å². The van der Waals surface area contributed by atoms with Gasteiger partial charge in [-0.2, -0.15) is 0 Å². The molecular formula is C26H23FN4O2S2. The van der Waals surface area contributed by atoms with Crippen LogP contribution in [0.4, 0.5) is 15.1 Å². The van der Waals surface area contributed by atoms with Crippen LogP contribution < -0.4 is 10.2 Å². The first-order valence-corrected chi connectivity index (χ1v) is 13.2. The molecule has 6 nitrogen and oxygen atoms in total. The van der Waals surface area contributed by atoms with Gasteiger partial charge in [-0.05, 0) is 55.4 Å². The lowest BCUT2D eigenvalue weighted by molar-refractivity contribution is -0.122. The molecule has 0 saturated carbocycles. The number of carbonyl (C=O) groups excluding carboxylic acids is 2. The second-order valence-electron chi connectivity index (χ2n) is 9.05. The highest BCUT2D eigenvalue weighted by Gasteiger charge is 2.36. The molecule has 35 heavy (non-hydrogen) atoms. The monoisotopic (exact) mass is 506 g/mol. The highest BCUT2D eigenvalue weighted by Crippen LogP contribution is 2.45. The molecule has 2 aliphatic rings. The quantitative estimate of drug-likeness (QED) is 0.416. The maximum atomic E-state index is 13.4. The average Bonchev–Trinajstić information content (AvgIpc) is 3.53. The number of aromatic nitrogens is 1. The summed E-state index contributed by atoms with van der Waals surface area (Å²) in [5.74, 6) is -1.13. The number of nitrogens with zero attached hydrogens (tertiary/aromatic N) is 3. The number of thiazole rings is 1. The summed E-state index contributed by atoms with van der Waals surface area (Å²) >= 11 is 3.25. The first-order valence-electron chi connectivity index (χ1n) is 11.5. The number of benzene rings is 2. The van der Waals surface area contributed by atoms with Crippen LogP contribution in [0.2, 0.25) is 0 Å². The second kappa shape index (κ2) is 8.82.